The minimum Gasteiger partial charge on any atom is -0.497 e. The topological polar surface area (TPSA) is 89.4 Å². The predicted octanol–water partition coefficient (Wildman–Crippen LogP) is 4.82. The summed E-state index contributed by atoms with van der Waals surface area (Å²) in [6, 6.07) is 21.9. The number of carbonyl (C=O) groups is 2. The van der Waals surface area contributed by atoms with E-state index in [1.807, 2.05) is 100 Å². The fourth-order valence-electron chi connectivity index (χ4n) is 4.38. The number of aryl methyl sites for hydroxylation is 1. The maximum Gasteiger partial charge on any atom is 0.247 e. The number of benzene rings is 3. The van der Waals surface area contributed by atoms with Crippen LogP contribution in [0.4, 0.5) is 0 Å². The van der Waals surface area contributed by atoms with Gasteiger partial charge >= 0.3 is 0 Å². The summed E-state index contributed by atoms with van der Waals surface area (Å²) in [5.41, 5.74) is 3.57. The lowest BCUT2D eigenvalue weighted by atomic mass is 9.95. The second-order valence-corrected chi connectivity index (χ2v) is 10.1. The Morgan fingerprint density at radius 3 is 2.53 bits per heavy atom. The molecule has 2 amide bonds. The van der Waals surface area contributed by atoms with Gasteiger partial charge in [-0.15, -0.1) is 5.10 Å². The van der Waals surface area contributed by atoms with Crippen LogP contribution < -0.4 is 10.1 Å². The zero-order valence-corrected chi connectivity index (χ0v) is 22.6. The second kappa shape index (κ2) is 11.5. The van der Waals surface area contributed by atoms with Gasteiger partial charge < -0.3 is 15.0 Å². The largest absolute Gasteiger partial charge is 0.497 e. The van der Waals surface area contributed by atoms with Crippen molar-refractivity contribution in [3.63, 3.8) is 0 Å². The first-order valence-electron chi connectivity index (χ1n) is 12.8. The molecule has 0 unspecified atom stereocenters. The van der Waals surface area contributed by atoms with Gasteiger partial charge in [-0.1, -0.05) is 60.7 Å². The molecule has 4 aromatic rings. The Balaban J connectivity index is 1.79. The minimum absolute atomic E-state index is 0.0582. The molecule has 4 rings (SSSR count). The van der Waals surface area contributed by atoms with E-state index in [0.29, 0.717) is 11.3 Å². The standard InChI is InChI=1S/C30H35N5O3/c1-6-30(3,4)31-29(37)28(24-15-8-7-12-21(24)2)34(19-22-13-11-14-23(18-22)38-5)27(36)20-35-26-17-10-9-16-25(26)32-33-35/h7-18,28H,6,19-20H2,1-5H3,(H,31,37)/t28-/m0/s1. The number of para-hydroxylation sites is 1. The molecule has 8 heteroatoms. The Morgan fingerprint density at radius 2 is 1.79 bits per heavy atom. The number of ether oxygens (including phenoxy) is 1. The van der Waals surface area contributed by atoms with Gasteiger partial charge in [-0.05, 0) is 68.1 Å². The zero-order valence-electron chi connectivity index (χ0n) is 22.6. The van der Waals surface area contributed by atoms with Crippen molar-refractivity contribution in [3.8, 4) is 5.75 Å². The van der Waals surface area contributed by atoms with E-state index in [9.17, 15) is 9.59 Å². The van der Waals surface area contributed by atoms with Crippen LogP contribution in [0.25, 0.3) is 11.0 Å². The van der Waals surface area contributed by atoms with E-state index in [-0.39, 0.29) is 24.9 Å². The lowest BCUT2D eigenvalue weighted by Crippen LogP contribution is -2.50. The molecule has 0 radical (unpaired) electrons. The summed E-state index contributed by atoms with van der Waals surface area (Å²) in [4.78, 5) is 29.7. The quantitative estimate of drug-likeness (QED) is 0.328. The number of aromatic nitrogens is 3. The van der Waals surface area contributed by atoms with Gasteiger partial charge in [0.15, 0.2) is 0 Å². The Kier molecular flexibility index (Phi) is 8.10. The Labute approximate surface area is 223 Å². The van der Waals surface area contributed by atoms with Gasteiger partial charge in [0.2, 0.25) is 11.8 Å². The molecule has 1 heterocycles. The first-order valence-corrected chi connectivity index (χ1v) is 12.8. The zero-order chi connectivity index (χ0) is 27.3. The number of fused-ring (bicyclic) bond motifs is 1. The summed E-state index contributed by atoms with van der Waals surface area (Å²) < 4.78 is 7.00. The average molecular weight is 514 g/mol. The molecule has 0 aliphatic heterocycles. The lowest BCUT2D eigenvalue weighted by molar-refractivity contribution is -0.143. The molecule has 0 fully saturated rings. The Hall–Kier alpha value is -4.20. The van der Waals surface area contributed by atoms with Crippen LogP contribution in [-0.2, 0) is 22.7 Å². The van der Waals surface area contributed by atoms with E-state index in [0.717, 1.165) is 28.6 Å². The maximum absolute atomic E-state index is 14.1. The maximum atomic E-state index is 14.1. The highest BCUT2D eigenvalue weighted by Crippen LogP contribution is 2.29. The first kappa shape index (κ1) is 26.9. The number of nitrogens with zero attached hydrogens (tertiary/aromatic N) is 4. The van der Waals surface area contributed by atoms with Crippen LogP contribution in [0.15, 0.2) is 72.8 Å². The molecule has 0 saturated carbocycles. The molecule has 0 aliphatic carbocycles. The molecular weight excluding hydrogens is 478 g/mol. The Bertz CT molecular complexity index is 1430. The van der Waals surface area contributed by atoms with Gasteiger partial charge in [-0.3, -0.25) is 9.59 Å². The monoisotopic (exact) mass is 513 g/mol. The molecule has 0 spiro atoms. The highest BCUT2D eigenvalue weighted by molar-refractivity contribution is 5.90. The van der Waals surface area contributed by atoms with Gasteiger partial charge in [-0.25, -0.2) is 4.68 Å². The molecule has 1 N–H and O–H groups in total. The fourth-order valence-corrected chi connectivity index (χ4v) is 4.38. The highest BCUT2D eigenvalue weighted by Gasteiger charge is 2.35. The van der Waals surface area contributed by atoms with Crippen LogP contribution in [0, 0.1) is 6.92 Å². The van der Waals surface area contributed by atoms with Crippen molar-refractivity contribution in [2.24, 2.45) is 0 Å². The van der Waals surface area contributed by atoms with E-state index in [2.05, 4.69) is 15.6 Å². The summed E-state index contributed by atoms with van der Waals surface area (Å²) in [5, 5.41) is 11.6. The second-order valence-electron chi connectivity index (χ2n) is 10.1. The summed E-state index contributed by atoms with van der Waals surface area (Å²) >= 11 is 0. The van der Waals surface area contributed by atoms with Crippen molar-refractivity contribution in [2.45, 2.75) is 58.8 Å². The third kappa shape index (κ3) is 6.02. The SMILES string of the molecule is CCC(C)(C)NC(=O)[C@H](c1ccccc1C)N(Cc1cccc(OC)c1)C(=O)Cn1nnc2ccccc21. The summed E-state index contributed by atoms with van der Waals surface area (Å²) in [6.45, 7) is 8.10. The molecule has 1 atom stereocenters. The van der Waals surface area contributed by atoms with Gasteiger partial charge in [0.05, 0.1) is 12.6 Å². The van der Waals surface area contributed by atoms with Crippen molar-refractivity contribution in [1.29, 1.82) is 0 Å². The number of methoxy groups -OCH3 is 1. The number of hydrogen-bond acceptors (Lipinski definition) is 5. The van der Waals surface area contributed by atoms with Gasteiger partial charge in [0.1, 0.15) is 23.9 Å². The van der Waals surface area contributed by atoms with Crippen LogP contribution >= 0.6 is 0 Å². The molecular formula is C30H35N5O3. The number of rotatable bonds is 10. The van der Waals surface area contributed by atoms with E-state index >= 15 is 0 Å². The summed E-state index contributed by atoms with van der Waals surface area (Å²) in [7, 11) is 1.61. The molecule has 1 aromatic heterocycles. The van der Waals surface area contributed by atoms with E-state index in [1.165, 1.54) is 0 Å². The Morgan fingerprint density at radius 1 is 1.05 bits per heavy atom. The molecule has 8 nitrogen and oxygen atoms in total. The highest BCUT2D eigenvalue weighted by atomic mass is 16.5. The van der Waals surface area contributed by atoms with Crippen molar-refractivity contribution in [1.82, 2.24) is 25.2 Å². The van der Waals surface area contributed by atoms with Crippen LogP contribution in [0.3, 0.4) is 0 Å². The van der Waals surface area contributed by atoms with Crippen LogP contribution in [0.1, 0.15) is 49.9 Å². The molecule has 0 saturated heterocycles. The molecule has 0 aliphatic rings. The van der Waals surface area contributed by atoms with Crippen LogP contribution in [0.5, 0.6) is 5.75 Å². The first-order chi connectivity index (χ1) is 18.2. The van der Waals surface area contributed by atoms with Crippen LogP contribution in [-0.4, -0.2) is 44.4 Å². The third-order valence-corrected chi connectivity index (χ3v) is 6.90. The summed E-state index contributed by atoms with van der Waals surface area (Å²) in [5.74, 6) is 0.202. The predicted molar refractivity (Wildman–Crippen MR) is 148 cm³/mol. The lowest BCUT2D eigenvalue weighted by Gasteiger charge is -2.35. The molecule has 198 valence electrons. The normalized spacial score (nSPS) is 12.2. The van der Waals surface area contributed by atoms with Crippen LogP contribution in [0.2, 0.25) is 0 Å². The number of carbonyl (C=O) groups excluding carboxylic acids is 2. The van der Waals surface area contributed by atoms with E-state index < -0.39 is 11.6 Å². The number of hydrogen-bond donors (Lipinski definition) is 1. The van der Waals surface area contributed by atoms with Crippen molar-refractivity contribution >= 4 is 22.8 Å². The minimum atomic E-state index is -0.851. The molecule has 0 bridgehead atoms. The van der Waals surface area contributed by atoms with E-state index in [4.69, 9.17) is 4.74 Å². The number of nitrogens with one attached hydrogen (secondary N) is 1. The fraction of sp³-hybridized carbons (Fsp3) is 0.333. The van der Waals surface area contributed by atoms with Crippen molar-refractivity contribution in [3.05, 3.63) is 89.5 Å². The van der Waals surface area contributed by atoms with Gasteiger partial charge in [0, 0.05) is 12.1 Å². The molecule has 3 aromatic carbocycles. The molecule has 38 heavy (non-hydrogen) atoms. The number of amides is 2. The van der Waals surface area contributed by atoms with E-state index in [1.54, 1.807) is 16.7 Å². The van der Waals surface area contributed by atoms with Crippen molar-refractivity contribution in [2.75, 3.05) is 7.11 Å². The average Bonchev–Trinajstić information content (AvgIpc) is 3.31. The van der Waals surface area contributed by atoms with Gasteiger partial charge in [0.25, 0.3) is 0 Å². The smallest absolute Gasteiger partial charge is 0.247 e. The van der Waals surface area contributed by atoms with Gasteiger partial charge in [-0.2, -0.15) is 0 Å². The summed E-state index contributed by atoms with van der Waals surface area (Å²) in [6.07, 6.45) is 0.744. The van der Waals surface area contributed by atoms with Crippen molar-refractivity contribution < 1.29 is 14.3 Å². The third-order valence-electron chi connectivity index (χ3n) is 6.90.